The minimum absolute atomic E-state index is 0.254. The molecule has 4 heteroatoms. The fourth-order valence-electron chi connectivity index (χ4n) is 2.29. The molecule has 1 aromatic rings. The third-order valence-electron chi connectivity index (χ3n) is 3.27. The molecule has 0 N–H and O–H groups in total. The zero-order valence-electron chi connectivity index (χ0n) is 12.3. The van der Waals surface area contributed by atoms with Crippen LogP contribution in [0.5, 0.6) is 0 Å². The molecule has 1 aliphatic rings. The molecule has 4 nitrogen and oxygen atoms in total. The van der Waals surface area contributed by atoms with Crippen molar-refractivity contribution in [2.24, 2.45) is 0 Å². The summed E-state index contributed by atoms with van der Waals surface area (Å²) in [4.78, 5) is 17.3. The van der Waals surface area contributed by atoms with Crippen molar-refractivity contribution in [2.45, 2.75) is 39.2 Å². The molecule has 0 bridgehead atoms. The van der Waals surface area contributed by atoms with Crippen LogP contribution in [0.3, 0.4) is 0 Å². The highest BCUT2D eigenvalue weighted by molar-refractivity contribution is 5.68. The van der Waals surface area contributed by atoms with Gasteiger partial charge in [-0.05, 0) is 39.2 Å². The van der Waals surface area contributed by atoms with Crippen LogP contribution in [0.1, 0.15) is 31.9 Å². The lowest BCUT2D eigenvalue weighted by Crippen LogP contribution is -2.38. The zero-order chi connectivity index (χ0) is 14.8. The maximum atomic E-state index is 12.1. The topological polar surface area (TPSA) is 33.9 Å². The molecular formula is C16H20N2O2. The van der Waals surface area contributed by atoms with Gasteiger partial charge in [0.25, 0.3) is 0 Å². The summed E-state index contributed by atoms with van der Waals surface area (Å²) >= 11 is 0. The monoisotopic (exact) mass is 272 g/mol. The predicted molar refractivity (Wildman–Crippen MR) is 77.9 cm³/mol. The molecule has 0 saturated heterocycles. The van der Waals surface area contributed by atoms with Crippen LogP contribution in [0.2, 0.25) is 0 Å². The van der Waals surface area contributed by atoms with Crippen LogP contribution in [0, 0.1) is 6.57 Å². The minimum Gasteiger partial charge on any atom is -0.444 e. The number of ether oxygens (including phenoxy) is 1. The van der Waals surface area contributed by atoms with Crippen LogP contribution in [-0.2, 0) is 17.6 Å². The summed E-state index contributed by atoms with van der Waals surface area (Å²) in [6.45, 7) is 14.0. The van der Waals surface area contributed by atoms with E-state index in [1.54, 1.807) is 4.90 Å². The molecule has 1 aromatic carbocycles. The van der Waals surface area contributed by atoms with Crippen molar-refractivity contribution in [3.63, 3.8) is 0 Å². The van der Waals surface area contributed by atoms with Gasteiger partial charge in [0, 0.05) is 13.1 Å². The van der Waals surface area contributed by atoms with Gasteiger partial charge >= 0.3 is 6.09 Å². The Balaban J connectivity index is 2.08. The summed E-state index contributed by atoms with van der Waals surface area (Å²) in [5.74, 6) is 0. The van der Waals surface area contributed by atoms with E-state index >= 15 is 0 Å². The molecule has 0 fully saturated rings. The first-order valence-electron chi connectivity index (χ1n) is 6.86. The second-order valence-corrected chi connectivity index (χ2v) is 6.03. The molecule has 1 amide bonds. The van der Waals surface area contributed by atoms with E-state index in [-0.39, 0.29) is 6.09 Å². The van der Waals surface area contributed by atoms with Crippen molar-refractivity contribution in [1.82, 2.24) is 4.90 Å². The van der Waals surface area contributed by atoms with Crippen LogP contribution in [0.25, 0.3) is 4.85 Å². The normalized spacial score (nSPS) is 15.0. The first kappa shape index (κ1) is 14.4. The van der Waals surface area contributed by atoms with Crippen LogP contribution < -0.4 is 0 Å². The van der Waals surface area contributed by atoms with Gasteiger partial charge in [-0.3, -0.25) is 0 Å². The van der Waals surface area contributed by atoms with Crippen molar-refractivity contribution in [1.29, 1.82) is 0 Å². The van der Waals surface area contributed by atoms with Gasteiger partial charge in [0.2, 0.25) is 0 Å². The molecule has 1 heterocycles. The molecule has 0 radical (unpaired) electrons. The van der Waals surface area contributed by atoms with Crippen molar-refractivity contribution < 1.29 is 9.53 Å². The summed E-state index contributed by atoms with van der Waals surface area (Å²) in [5, 5.41) is 0. The third kappa shape index (κ3) is 3.51. The largest absolute Gasteiger partial charge is 0.444 e. The molecule has 0 spiro atoms. The summed E-state index contributed by atoms with van der Waals surface area (Å²) in [6, 6.07) is 5.77. The van der Waals surface area contributed by atoms with E-state index in [0.717, 1.165) is 12.8 Å². The van der Waals surface area contributed by atoms with Crippen LogP contribution in [0.15, 0.2) is 18.2 Å². The van der Waals surface area contributed by atoms with E-state index in [0.29, 0.717) is 18.8 Å². The van der Waals surface area contributed by atoms with Crippen molar-refractivity contribution in [3.05, 3.63) is 40.7 Å². The van der Waals surface area contributed by atoms with Gasteiger partial charge in [0.15, 0.2) is 5.69 Å². The van der Waals surface area contributed by atoms with Crippen molar-refractivity contribution in [3.8, 4) is 0 Å². The third-order valence-corrected chi connectivity index (χ3v) is 3.27. The number of nitrogens with zero attached hydrogens (tertiary/aromatic N) is 2. The zero-order valence-corrected chi connectivity index (χ0v) is 12.3. The van der Waals surface area contributed by atoms with E-state index in [1.165, 1.54) is 11.1 Å². The number of amides is 1. The summed E-state index contributed by atoms with van der Waals surface area (Å²) in [7, 11) is 0. The molecule has 0 saturated carbocycles. The first-order chi connectivity index (χ1) is 9.39. The molecule has 0 unspecified atom stereocenters. The van der Waals surface area contributed by atoms with Gasteiger partial charge < -0.3 is 9.64 Å². The standard InChI is InChI=1S/C16H20N2O2/c1-16(2,3)20-15(19)18-9-7-12-5-6-14(17-4)11-13(12)8-10-18/h5-6,11H,7-10H2,1-3H3. The summed E-state index contributed by atoms with van der Waals surface area (Å²) in [6.07, 6.45) is 1.33. The Morgan fingerprint density at radius 2 is 1.90 bits per heavy atom. The highest BCUT2D eigenvalue weighted by Crippen LogP contribution is 2.23. The van der Waals surface area contributed by atoms with Crippen molar-refractivity contribution >= 4 is 11.8 Å². The number of fused-ring (bicyclic) bond motifs is 1. The fourth-order valence-corrected chi connectivity index (χ4v) is 2.29. The molecule has 0 aromatic heterocycles. The van der Waals surface area contributed by atoms with Gasteiger partial charge in [-0.25, -0.2) is 9.64 Å². The Bertz CT molecular complexity index is 553. The lowest BCUT2D eigenvalue weighted by molar-refractivity contribution is 0.0258. The quantitative estimate of drug-likeness (QED) is 0.676. The van der Waals surface area contributed by atoms with E-state index in [2.05, 4.69) is 4.85 Å². The average molecular weight is 272 g/mol. The Morgan fingerprint density at radius 3 is 2.50 bits per heavy atom. The summed E-state index contributed by atoms with van der Waals surface area (Å²) < 4.78 is 5.41. The molecule has 20 heavy (non-hydrogen) atoms. The lowest BCUT2D eigenvalue weighted by atomic mass is 10.0. The average Bonchev–Trinajstić information content (AvgIpc) is 2.58. The number of benzene rings is 1. The molecule has 0 aliphatic carbocycles. The van der Waals surface area contributed by atoms with Gasteiger partial charge in [-0.15, -0.1) is 0 Å². The molecule has 0 atom stereocenters. The molecule has 2 rings (SSSR count). The number of hydrogen-bond acceptors (Lipinski definition) is 2. The van der Waals surface area contributed by atoms with Gasteiger partial charge in [0.05, 0.1) is 6.57 Å². The highest BCUT2D eigenvalue weighted by Gasteiger charge is 2.24. The van der Waals surface area contributed by atoms with Crippen LogP contribution >= 0.6 is 0 Å². The Labute approximate surface area is 120 Å². The number of carbonyl (C=O) groups excluding carboxylic acids is 1. The van der Waals surface area contributed by atoms with E-state index in [1.807, 2.05) is 39.0 Å². The number of rotatable bonds is 0. The highest BCUT2D eigenvalue weighted by atomic mass is 16.6. The molecule has 1 aliphatic heterocycles. The Morgan fingerprint density at radius 1 is 1.25 bits per heavy atom. The van der Waals surface area contributed by atoms with E-state index in [4.69, 9.17) is 11.3 Å². The lowest BCUT2D eigenvalue weighted by Gasteiger charge is -2.26. The van der Waals surface area contributed by atoms with Gasteiger partial charge in [-0.1, -0.05) is 23.8 Å². The van der Waals surface area contributed by atoms with Crippen LogP contribution in [-0.4, -0.2) is 29.7 Å². The van der Waals surface area contributed by atoms with Crippen LogP contribution in [0.4, 0.5) is 10.5 Å². The number of hydrogen-bond donors (Lipinski definition) is 0. The Hall–Kier alpha value is -2.02. The van der Waals surface area contributed by atoms with Crippen molar-refractivity contribution in [2.75, 3.05) is 13.1 Å². The molecule has 106 valence electrons. The molecular weight excluding hydrogens is 252 g/mol. The summed E-state index contributed by atoms with van der Waals surface area (Å²) in [5.41, 5.74) is 2.59. The predicted octanol–water partition coefficient (Wildman–Crippen LogP) is 3.57. The second-order valence-electron chi connectivity index (χ2n) is 6.03. The maximum absolute atomic E-state index is 12.1. The number of carbonyl (C=O) groups is 1. The van der Waals surface area contributed by atoms with Gasteiger partial charge in [0.1, 0.15) is 5.60 Å². The van der Waals surface area contributed by atoms with Gasteiger partial charge in [-0.2, -0.15) is 0 Å². The smallest absolute Gasteiger partial charge is 0.410 e. The SMILES string of the molecule is [C-]#[N+]c1ccc2c(c1)CCN(C(=O)OC(C)(C)C)CC2. The fraction of sp³-hybridized carbons (Fsp3) is 0.500. The maximum Gasteiger partial charge on any atom is 0.410 e. The van der Waals surface area contributed by atoms with E-state index in [9.17, 15) is 4.79 Å². The minimum atomic E-state index is -0.465. The van der Waals surface area contributed by atoms with E-state index < -0.39 is 5.60 Å². The Kier molecular flexibility index (Phi) is 3.99. The second kappa shape index (κ2) is 5.54. The first-order valence-corrected chi connectivity index (χ1v) is 6.86.